The van der Waals surface area contributed by atoms with Crippen LogP contribution in [-0.2, 0) is 0 Å². The second-order valence-corrected chi connectivity index (χ2v) is 4.18. The maximum absolute atomic E-state index is 10.7. The fourth-order valence-corrected chi connectivity index (χ4v) is 1.50. The Labute approximate surface area is 117 Å². The summed E-state index contributed by atoms with van der Waals surface area (Å²) in [6.45, 7) is 2.89. The highest BCUT2D eigenvalue weighted by Crippen LogP contribution is 2.15. The molecule has 2 rings (SSSR count). The van der Waals surface area contributed by atoms with Gasteiger partial charge >= 0.3 is 0 Å². The van der Waals surface area contributed by atoms with Gasteiger partial charge in [0.05, 0.1) is 5.56 Å². The van der Waals surface area contributed by atoms with Crippen LogP contribution in [0, 0.1) is 0 Å². The van der Waals surface area contributed by atoms with Crippen molar-refractivity contribution in [1.82, 2.24) is 0 Å². The zero-order valence-corrected chi connectivity index (χ0v) is 11.3. The molecule has 0 aliphatic carbocycles. The van der Waals surface area contributed by atoms with E-state index in [0.717, 1.165) is 0 Å². The van der Waals surface area contributed by atoms with Crippen molar-refractivity contribution in [3.05, 3.63) is 59.7 Å². The minimum absolute atomic E-state index is 0.0316. The van der Waals surface area contributed by atoms with Gasteiger partial charge in [-0.15, -0.1) is 0 Å². The van der Waals surface area contributed by atoms with Crippen molar-refractivity contribution in [3.63, 3.8) is 0 Å². The summed E-state index contributed by atoms with van der Waals surface area (Å²) in [6.07, 6.45) is 0. The maximum Gasteiger partial charge on any atom is 0.163 e. The normalized spacial score (nSPS) is 9.30. The Morgan fingerprint density at radius 3 is 1.90 bits per heavy atom. The van der Waals surface area contributed by atoms with E-state index in [1.807, 2.05) is 0 Å². The average Bonchev–Trinajstić information content (AvgIpc) is 2.39. The molecule has 0 aliphatic heterocycles. The van der Waals surface area contributed by atoms with Crippen molar-refractivity contribution in [1.29, 1.82) is 0 Å². The van der Waals surface area contributed by atoms with Gasteiger partial charge in [0.25, 0.3) is 0 Å². The molecular formula is C16H16O4. The number of ketones is 2. The summed E-state index contributed by atoms with van der Waals surface area (Å²) in [4.78, 5) is 21.4. The number of carbonyl (C=O) groups is 2. The molecule has 0 atom stereocenters. The summed E-state index contributed by atoms with van der Waals surface area (Å²) in [5, 5.41) is 18.0. The molecule has 0 heterocycles. The quantitative estimate of drug-likeness (QED) is 0.823. The number of para-hydroxylation sites is 1. The summed E-state index contributed by atoms with van der Waals surface area (Å²) >= 11 is 0. The maximum atomic E-state index is 10.7. The SMILES string of the molecule is CC(=O)c1cccc(O)c1.CC(=O)c1ccccc1O. The van der Waals surface area contributed by atoms with Crippen molar-refractivity contribution < 1.29 is 19.8 Å². The largest absolute Gasteiger partial charge is 0.508 e. The van der Waals surface area contributed by atoms with Crippen LogP contribution >= 0.6 is 0 Å². The molecule has 0 fully saturated rings. The highest BCUT2D eigenvalue weighted by molar-refractivity contribution is 5.96. The lowest BCUT2D eigenvalue weighted by molar-refractivity contribution is 0.100. The van der Waals surface area contributed by atoms with E-state index in [0.29, 0.717) is 11.1 Å². The van der Waals surface area contributed by atoms with Crippen molar-refractivity contribution in [2.24, 2.45) is 0 Å². The van der Waals surface area contributed by atoms with Crippen LogP contribution in [0.1, 0.15) is 34.6 Å². The number of Topliss-reactive ketones (excluding diaryl/α,β-unsaturated/α-hetero) is 2. The van der Waals surface area contributed by atoms with E-state index in [1.54, 1.807) is 30.3 Å². The number of benzene rings is 2. The molecule has 20 heavy (non-hydrogen) atoms. The zero-order valence-electron chi connectivity index (χ0n) is 11.3. The van der Waals surface area contributed by atoms with Crippen molar-refractivity contribution >= 4 is 11.6 Å². The first kappa shape index (κ1) is 15.4. The van der Waals surface area contributed by atoms with Crippen molar-refractivity contribution in [3.8, 4) is 11.5 Å². The van der Waals surface area contributed by atoms with Crippen molar-refractivity contribution in [2.75, 3.05) is 0 Å². The number of aromatic hydroxyl groups is 2. The van der Waals surface area contributed by atoms with Gasteiger partial charge in [-0.1, -0.05) is 24.3 Å². The molecule has 4 nitrogen and oxygen atoms in total. The van der Waals surface area contributed by atoms with Crippen LogP contribution in [0.2, 0.25) is 0 Å². The lowest BCUT2D eigenvalue weighted by Gasteiger charge is -1.96. The van der Waals surface area contributed by atoms with Gasteiger partial charge in [0.2, 0.25) is 0 Å². The Kier molecular flexibility index (Phi) is 5.47. The van der Waals surface area contributed by atoms with Crippen LogP contribution in [0.3, 0.4) is 0 Å². The molecule has 104 valence electrons. The monoisotopic (exact) mass is 272 g/mol. The van der Waals surface area contributed by atoms with Crippen LogP contribution < -0.4 is 0 Å². The molecule has 4 heteroatoms. The van der Waals surface area contributed by atoms with E-state index in [1.165, 1.54) is 32.0 Å². The number of phenolic OH excluding ortho intramolecular Hbond substituents is 2. The molecule has 2 aromatic rings. The Morgan fingerprint density at radius 1 is 0.850 bits per heavy atom. The predicted molar refractivity (Wildman–Crippen MR) is 76.2 cm³/mol. The molecule has 2 N–H and O–H groups in total. The topological polar surface area (TPSA) is 74.6 Å². The Bertz CT molecular complexity index is 617. The third-order valence-electron chi connectivity index (χ3n) is 2.54. The number of phenols is 2. The summed E-state index contributed by atoms with van der Waals surface area (Å²) in [7, 11) is 0. The smallest absolute Gasteiger partial charge is 0.163 e. The van der Waals surface area contributed by atoms with E-state index in [2.05, 4.69) is 0 Å². The lowest BCUT2D eigenvalue weighted by Crippen LogP contribution is -1.90. The molecular weight excluding hydrogens is 256 g/mol. The number of carbonyl (C=O) groups excluding carboxylic acids is 2. The second-order valence-electron chi connectivity index (χ2n) is 4.18. The second kappa shape index (κ2) is 7.09. The van der Waals surface area contributed by atoms with Gasteiger partial charge in [0.15, 0.2) is 11.6 Å². The molecule has 0 bridgehead atoms. The van der Waals surface area contributed by atoms with E-state index >= 15 is 0 Å². The molecule has 0 saturated heterocycles. The number of hydrogen-bond donors (Lipinski definition) is 2. The molecule has 2 aromatic carbocycles. The van der Waals surface area contributed by atoms with Gasteiger partial charge in [0.1, 0.15) is 11.5 Å². The van der Waals surface area contributed by atoms with E-state index in [9.17, 15) is 9.59 Å². The third-order valence-corrected chi connectivity index (χ3v) is 2.54. The summed E-state index contributed by atoms with van der Waals surface area (Å²) < 4.78 is 0. The first-order chi connectivity index (χ1) is 9.41. The highest BCUT2D eigenvalue weighted by Gasteiger charge is 2.02. The Balaban J connectivity index is 0.000000200. The van der Waals surface area contributed by atoms with Gasteiger partial charge < -0.3 is 10.2 Å². The van der Waals surface area contributed by atoms with Crippen LogP contribution in [0.4, 0.5) is 0 Å². The fourth-order valence-electron chi connectivity index (χ4n) is 1.50. The third kappa shape index (κ3) is 4.57. The van der Waals surface area contributed by atoms with E-state index in [-0.39, 0.29) is 23.1 Å². The first-order valence-corrected chi connectivity index (χ1v) is 6.00. The molecule has 0 saturated carbocycles. The zero-order chi connectivity index (χ0) is 15.1. The van der Waals surface area contributed by atoms with Gasteiger partial charge in [-0.25, -0.2) is 0 Å². The van der Waals surface area contributed by atoms with Gasteiger partial charge in [-0.2, -0.15) is 0 Å². The van der Waals surface area contributed by atoms with Gasteiger partial charge in [0, 0.05) is 5.56 Å². The fraction of sp³-hybridized carbons (Fsp3) is 0.125. The summed E-state index contributed by atoms with van der Waals surface area (Å²) in [5.74, 6) is 0.0386. The minimum Gasteiger partial charge on any atom is -0.508 e. The minimum atomic E-state index is -0.113. The predicted octanol–water partition coefficient (Wildman–Crippen LogP) is 3.19. The molecule has 0 aliphatic rings. The van der Waals surface area contributed by atoms with Crippen LogP contribution in [0.15, 0.2) is 48.5 Å². The Morgan fingerprint density at radius 2 is 1.50 bits per heavy atom. The van der Waals surface area contributed by atoms with Crippen molar-refractivity contribution in [2.45, 2.75) is 13.8 Å². The summed E-state index contributed by atoms with van der Waals surface area (Å²) in [6, 6.07) is 12.8. The molecule has 0 radical (unpaired) electrons. The van der Waals surface area contributed by atoms with Gasteiger partial charge in [-0.3, -0.25) is 9.59 Å². The van der Waals surface area contributed by atoms with E-state index < -0.39 is 0 Å². The summed E-state index contributed by atoms with van der Waals surface area (Å²) in [5.41, 5.74) is 0.919. The molecule has 0 aromatic heterocycles. The first-order valence-electron chi connectivity index (χ1n) is 6.00. The number of rotatable bonds is 2. The van der Waals surface area contributed by atoms with Gasteiger partial charge in [-0.05, 0) is 38.1 Å². The standard InChI is InChI=1S/2C8H8O2/c1-6(9)7-3-2-4-8(10)5-7;1-6(9)7-4-2-3-5-8(7)10/h2*2-5,10H,1H3. The van der Waals surface area contributed by atoms with Crippen LogP contribution in [0.25, 0.3) is 0 Å². The number of hydrogen-bond acceptors (Lipinski definition) is 4. The molecule has 0 unspecified atom stereocenters. The molecule has 0 spiro atoms. The van der Waals surface area contributed by atoms with Crippen LogP contribution in [-0.4, -0.2) is 21.8 Å². The van der Waals surface area contributed by atoms with E-state index in [4.69, 9.17) is 10.2 Å². The highest BCUT2D eigenvalue weighted by atomic mass is 16.3. The lowest BCUT2D eigenvalue weighted by atomic mass is 10.1. The average molecular weight is 272 g/mol. The molecule has 0 amide bonds. The Hall–Kier alpha value is -2.62. The van der Waals surface area contributed by atoms with Crippen LogP contribution in [0.5, 0.6) is 11.5 Å².